The first kappa shape index (κ1) is 49.5. The van der Waals surface area contributed by atoms with Gasteiger partial charge in [-0.15, -0.1) is 20.2 Å². The second kappa shape index (κ2) is 43.0. The molecule has 0 aromatic rings. The molecule has 0 aromatic heterocycles. The zero-order valence-corrected chi connectivity index (χ0v) is 14.7. The van der Waals surface area contributed by atoms with Crippen molar-refractivity contribution < 1.29 is 82.7 Å². The molecule has 0 aliphatic carbocycles. The Morgan fingerprint density at radius 1 is 0.423 bits per heavy atom. The Kier molecular flexibility index (Phi) is 81.8. The SMILES string of the molecule is O=[N+]([O-])O.O=[N+]([O-])O.O=[N+]([O-])[O-].O=[N+]([O-])[O-].O=[N+]([O-])[O-].O=[N+]([O-])[O-].[Ce+3].[NH4+]. The molecule has 0 atom stereocenters. The van der Waals surface area contributed by atoms with E-state index in [2.05, 4.69) is 0 Å². The predicted octanol–water partition coefficient (Wildman–Crippen LogP) is -1.28. The first-order valence-electron chi connectivity index (χ1n) is 3.32. The number of hydrogen-bond donors (Lipinski definition) is 3. The van der Waals surface area contributed by atoms with E-state index in [0.717, 1.165) is 0 Å². The summed E-state index contributed by atoms with van der Waals surface area (Å²) in [5, 5.41) is 86.3. The summed E-state index contributed by atoms with van der Waals surface area (Å²) in [5.41, 5.74) is 0. The minimum atomic E-state index is -1.75. The molecule has 0 aliphatic heterocycles. The monoisotopic (exact) mass is 532 g/mol. The van der Waals surface area contributed by atoms with E-state index < -0.39 is 30.5 Å². The zero-order valence-electron chi connectivity index (χ0n) is 11.6. The van der Waals surface area contributed by atoms with Gasteiger partial charge in [0.15, 0.2) is 0 Å². The van der Waals surface area contributed by atoms with Crippen LogP contribution in [0.1, 0.15) is 0 Å². The fourth-order valence-electron chi connectivity index (χ4n) is 0. The minimum Gasteiger partial charge on any atom is -0.369 e. The number of quaternary nitrogens is 1. The van der Waals surface area contributed by atoms with Crippen molar-refractivity contribution in [1.82, 2.24) is 6.15 Å². The van der Waals surface area contributed by atoms with E-state index in [4.69, 9.17) is 91.9 Å². The van der Waals surface area contributed by atoms with Crippen LogP contribution in [0.5, 0.6) is 0 Å². The van der Waals surface area contributed by atoms with Gasteiger partial charge in [0.25, 0.3) is 10.2 Å². The molecule has 1 radical (unpaired) electrons. The summed E-state index contributed by atoms with van der Waals surface area (Å²) in [6.45, 7) is 0. The average Bonchev–Trinajstić information content (AvgIpc) is 2.08. The summed E-state index contributed by atoms with van der Waals surface area (Å²) in [6.07, 6.45) is 0. The van der Waals surface area contributed by atoms with Gasteiger partial charge in [0, 0.05) is 0 Å². The summed E-state index contributed by atoms with van der Waals surface area (Å²) < 4.78 is 0. The number of hydrogen-bond acceptors (Lipinski definition) is 16. The Hall–Kier alpha value is -3.46. The quantitative estimate of drug-likeness (QED) is 0.241. The maximum Gasteiger partial charge on any atom is 3.00 e. The topological polar surface area (TPSA) is 428 Å². The summed E-state index contributed by atoms with van der Waals surface area (Å²) in [7, 11) is 0. The van der Waals surface area contributed by atoms with Gasteiger partial charge in [-0.25, -0.2) is 0 Å². The van der Waals surface area contributed by atoms with Gasteiger partial charge in [-0.3, -0.25) is 0 Å². The maximum absolute atomic E-state index is 8.36. The molecule has 0 amide bonds. The molecule has 25 nitrogen and oxygen atoms in total. The van der Waals surface area contributed by atoms with Crippen LogP contribution < -0.4 is 6.15 Å². The first-order valence-corrected chi connectivity index (χ1v) is 3.32. The Labute approximate surface area is 170 Å². The van der Waals surface area contributed by atoms with Crippen molar-refractivity contribution in [3.63, 3.8) is 0 Å². The third-order valence-corrected chi connectivity index (χ3v) is 0. The van der Waals surface area contributed by atoms with Crippen molar-refractivity contribution in [2.75, 3.05) is 0 Å². The molecule has 153 valence electrons. The van der Waals surface area contributed by atoms with E-state index in [1.165, 1.54) is 0 Å². The largest absolute Gasteiger partial charge is 3.00 e. The van der Waals surface area contributed by atoms with Crippen LogP contribution in [-0.4, -0.2) is 40.9 Å². The van der Waals surface area contributed by atoms with Crippen LogP contribution in [0, 0.1) is 123 Å². The third-order valence-electron chi connectivity index (χ3n) is 0. The Bertz CT molecular complexity index is 259. The van der Waals surface area contributed by atoms with Crippen LogP contribution >= 0.6 is 0 Å². The Morgan fingerprint density at radius 3 is 0.423 bits per heavy atom. The van der Waals surface area contributed by atoms with Gasteiger partial charge in [-0.1, -0.05) is 0 Å². The van der Waals surface area contributed by atoms with Crippen molar-refractivity contribution in [2.45, 2.75) is 0 Å². The van der Waals surface area contributed by atoms with Crippen molar-refractivity contribution in [2.24, 2.45) is 0 Å². The van der Waals surface area contributed by atoms with E-state index >= 15 is 0 Å². The van der Waals surface area contributed by atoms with Crippen LogP contribution in [-0.2, 0) is 0 Å². The summed E-state index contributed by atoms with van der Waals surface area (Å²) in [6, 6.07) is 0. The van der Waals surface area contributed by atoms with Gasteiger partial charge in [-0.05, 0) is 0 Å². The molecule has 0 fully saturated rings. The Balaban J connectivity index is -0.0000000245. The van der Waals surface area contributed by atoms with E-state index in [1.807, 2.05) is 0 Å². The third kappa shape index (κ3) is 653. The van der Waals surface area contributed by atoms with Crippen molar-refractivity contribution in [3.05, 3.63) is 81.5 Å². The molecule has 0 saturated heterocycles. The summed E-state index contributed by atoms with van der Waals surface area (Å²) in [4.78, 5) is 49.7. The molecule has 0 heterocycles. The summed E-state index contributed by atoms with van der Waals surface area (Å²) in [5.74, 6) is 0. The van der Waals surface area contributed by atoms with E-state index in [0.29, 0.717) is 0 Å². The average molecular weight is 532 g/mol. The number of rotatable bonds is 0. The molecule has 6 N–H and O–H groups in total. The molecule has 0 unspecified atom stereocenters. The molecular weight excluding hydrogens is 526 g/mol. The molecule has 0 aliphatic rings. The van der Waals surface area contributed by atoms with Gasteiger partial charge in [0.1, 0.15) is 0 Å². The van der Waals surface area contributed by atoms with Crippen molar-refractivity contribution in [3.8, 4) is 0 Å². The van der Waals surface area contributed by atoms with Crippen LogP contribution in [0.4, 0.5) is 0 Å². The molecule has 0 bridgehead atoms. The molecule has 0 rings (SSSR count). The summed E-state index contributed by atoms with van der Waals surface area (Å²) >= 11 is 0. The standard InChI is InChI=1S/Ce.2HNO3.4NO3.H3N/c;6*2-1(3)4;/h;2*(H,2,3,4);;;;;1H3/q+3;;;4*-1;/p+1. The van der Waals surface area contributed by atoms with Gasteiger partial charge in [0.2, 0.25) is 0 Å². The van der Waals surface area contributed by atoms with Gasteiger partial charge >= 0.3 is 41.7 Å². The second-order valence-electron chi connectivity index (χ2n) is 1.37. The number of nitrogens with zero attached hydrogens (tertiary/aromatic N) is 6. The fraction of sp³-hybridized carbons (Fsp3) is 0. The smallest absolute Gasteiger partial charge is 0.369 e. The van der Waals surface area contributed by atoms with Crippen LogP contribution in [0.15, 0.2) is 0 Å². The molecule has 26 heteroatoms. The molecule has 0 saturated carbocycles. The van der Waals surface area contributed by atoms with E-state index in [-0.39, 0.29) is 47.9 Å². The molecule has 0 spiro atoms. The second-order valence-corrected chi connectivity index (χ2v) is 1.37. The molecule has 0 aromatic carbocycles. The van der Waals surface area contributed by atoms with Crippen LogP contribution in [0.25, 0.3) is 0 Å². The van der Waals surface area contributed by atoms with Crippen LogP contribution in [0.2, 0.25) is 0 Å². The van der Waals surface area contributed by atoms with Gasteiger partial charge in [0.05, 0.1) is 20.3 Å². The van der Waals surface area contributed by atoms with E-state index in [9.17, 15) is 0 Å². The molecular formula is H6CeN7O18. The van der Waals surface area contributed by atoms with E-state index in [1.54, 1.807) is 0 Å². The van der Waals surface area contributed by atoms with Crippen molar-refractivity contribution >= 4 is 0 Å². The van der Waals surface area contributed by atoms with Gasteiger partial charge in [-0.2, -0.15) is 0 Å². The molecule has 26 heavy (non-hydrogen) atoms. The minimum absolute atomic E-state index is 0. The van der Waals surface area contributed by atoms with Crippen molar-refractivity contribution in [1.29, 1.82) is 0 Å². The first-order chi connectivity index (χ1) is 10.4. The fourth-order valence-corrected chi connectivity index (χ4v) is 0. The predicted molar refractivity (Wildman–Crippen MR) is 65.0 cm³/mol. The Morgan fingerprint density at radius 2 is 0.423 bits per heavy atom. The maximum atomic E-state index is 8.36. The van der Waals surface area contributed by atoms with Gasteiger partial charge < -0.3 is 77.9 Å². The normalized spacial score (nSPS) is 5.54. The van der Waals surface area contributed by atoms with Crippen LogP contribution in [0.3, 0.4) is 0 Å². The zero-order chi connectivity index (χ0) is 21.5.